The Hall–Kier alpha value is -1.09. The smallest absolute Gasteiger partial charge is 0.146 e. The summed E-state index contributed by atoms with van der Waals surface area (Å²) in [5, 5.41) is 9.44. The molecule has 1 aliphatic heterocycles. The van der Waals surface area contributed by atoms with Crippen LogP contribution >= 0.6 is 0 Å². The topological polar surface area (TPSA) is 23.5 Å². The molecule has 0 amide bonds. The van der Waals surface area contributed by atoms with E-state index in [2.05, 4.69) is 18.7 Å². The molecule has 1 aromatic rings. The van der Waals surface area contributed by atoms with Crippen molar-refractivity contribution in [1.82, 2.24) is 0 Å². The normalized spacial score (nSPS) is 23.8. The SMILES string of the molecule is CC1(C)C(CO)CCCN1c1ccccc1F. The number of hydrogen-bond donors (Lipinski definition) is 1. The molecule has 1 aliphatic rings. The average Bonchev–Trinajstić information content (AvgIpc) is 2.30. The number of benzene rings is 1. The van der Waals surface area contributed by atoms with Gasteiger partial charge in [0.2, 0.25) is 0 Å². The molecule has 1 heterocycles. The van der Waals surface area contributed by atoms with Crippen LogP contribution in [0, 0.1) is 11.7 Å². The predicted octanol–water partition coefficient (Wildman–Crippen LogP) is 2.81. The molecule has 1 N–H and O–H groups in total. The fourth-order valence-electron chi connectivity index (χ4n) is 2.77. The number of para-hydroxylation sites is 1. The van der Waals surface area contributed by atoms with Crippen LogP contribution < -0.4 is 4.90 Å². The molecule has 17 heavy (non-hydrogen) atoms. The maximum absolute atomic E-state index is 13.8. The Labute approximate surface area is 102 Å². The number of hydrogen-bond acceptors (Lipinski definition) is 2. The first-order chi connectivity index (χ1) is 8.07. The van der Waals surface area contributed by atoms with Crippen LogP contribution in [0.25, 0.3) is 0 Å². The van der Waals surface area contributed by atoms with E-state index < -0.39 is 0 Å². The Morgan fingerprint density at radius 3 is 2.76 bits per heavy atom. The number of nitrogens with zero attached hydrogens (tertiary/aromatic N) is 1. The highest BCUT2D eigenvalue weighted by Crippen LogP contribution is 2.37. The quantitative estimate of drug-likeness (QED) is 0.855. The Bertz CT molecular complexity index is 392. The first-order valence-electron chi connectivity index (χ1n) is 6.20. The monoisotopic (exact) mass is 237 g/mol. The highest BCUT2D eigenvalue weighted by Gasteiger charge is 2.38. The highest BCUT2D eigenvalue weighted by atomic mass is 19.1. The van der Waals surface area contributed by atoms with E-state index in [-0.39, 0.29) is 23.9 Å². The second-order valence-corrected chi connectivity index (χ2v) is 5.28. The molecule has 0 aliphatic carbocycles. The number of rotatable bonds is 2. The van der Waals surface area contributed by atoms with E-state index in [1.807, 2.05) is 12.1 Å². The fraction of sp³-hybridized carbons (Fsp3) is 0.571. The average molecular weight is 237 g/mol. The van der Waals surface area contributed by atoms with Crippen molar-refractivity contribution in [3.63, 3.8) is 0 Å². The maximum Gasteiger partial charge on any atom is 0.146 e. The minimum atomic E-state index is -0.199. The summed E-state index contributed by atoms with van der Waals surface area (Å²) in [4.78, 5) is 2.09. The molecular formula is C14H20FNO. The molecule has 0 aromatic heterocycles. The van der Waals surface area contributed by atoms with Crippen molar-refractivity contribution in [3.05, 3.63) is 30.1 Å². The zero-order chi connectivity index (χ0) is 12.5. The van der Waals surface area contributed by atoms with E-state index in [1.165, 1.54) is 6.07 Å². The molecule has 1 fully saturated rings. The fourth-order valence-corrected chi connectivity index (χ4v) is 2.77. The summed E-state index contributed by atoms with van der Waals surface area (Å²) in [6.07, 6.45) is 2.01. The van der Waals surface area contributed by atoms with Crippen LogP contribution in [0.3, 0.4) is 0 Å². The lowest BCUT2D eigenvalue weighted by Gasteiger charge is -2.49. The molecular weight excluding hydrogens is 217 g/mol. The van der Waals surface area contributed by atoms with Crippen molar-refractivity contribution in [2.24, 2.45) is 5.92 Å². The first-order valence-corrected chi connectivity index (χ1v) is 6.20. The molecule has 1 unspecified atom stereocenters. The van der Waals surface area contributed by atoms with Crippen LogP contribution in [0.5, 0.6) is 0 Å². The third-order valence-corrected chi connectivity index (χ3v) is 3.99. The number of anilines is 1. The van der Waals surface area contributed by atoms with Gasteiger partial charge in [-0.05, 0) is 38.8 Å². The van der Waals surface area contributed by atoms with Crippen molar-refractivity contribution < 1.29 is 9.50 Å². The van der Waals surface area contributed by atoms with Gasteiger partial charge in [0.05, 0.1) is 5.69 Å². The van der Waals surface area contributed by atoms with Gasteiger partial charge in [0, 0.05) is 24.6 Å². The van der Waals surface area contributed by atoms with Crippen molar-refractivity contribution in [1.29, 1.82) is 0 Å². The predicted molar refractivity (Wildman–Crippen MR) is 67.6 cm³/mol. The van der Waals surface area contributed by atoms with Crippen molar-refractivity contribution in [2.45, 2.75) is 32.2 Å². The summed E-state index contributed by atoms with van der Waals surface area (Å²) in [6, 6.07) is 6.88. The van der Waals surface area contributed by atoms with Crippen molar-refractivity contribution in [3.8, 4) is 0 Å². The van der Waals surface area contributed by atoms with E-state index in [1.54, 1.807) is 6.07 Å². The molecule has 2 rings (SSSR count). The third kappa shape index (κ3) is 2.16. The molecule has 2 nitrogen and oxygen atoms in total. The second kappa shape index (κ2) is 4.65. The van der Waals surface area contributed by atoms with Gasteiger partial charge in [-0.3, -0.25) is 0 Å². The zero-order valence-electron chi connectivity index (χ0n) is 10.5. The number of halogens is 1. The molecule has 0 radical (unpaired) electrons. The highest BCUT2D eigenvalue weighted by molar-refractivity contribution is 5.50. The third-order valence-electron chi connectivity index (χ3n) is 3.99. The van der Waals surface area contributed by atoms with E-state index in [0.717, 1.165) is 19.4 Å². The van der Waals surface area contributed by atoms with E-state index in [0.29, 0.717) is 5.69 Å². The van der Waals surface area contributed by atoms with Gasteiger partial charge in [0.1, 0.15) is 5.82 Å². The van der Waals surface area contributed by atoms with Crippen LogP contribution in [0.2, 0.25) is 0 Å². The molecule has 3 heteroatoms. The van der Waals surface area contributed by atoms with Gasteiger partial charge in [-0.25, -0.2) is 4.39 Å². The Balaban J connectivity index is 2.34. The molecule has 0 bridgehead atoms. The number of piperidine rings is 1. The van der Waals surface area contributed by atoms with Gasteiger partial charge in [-0.2, -0.15) is 0 Å². The lowest BCUT2D eigenvalue weighted by Crippen LogP contribution is -2.54. The molecule has 1 atom stereocenters. The summed E-state index contributed by atoms with van der Waals surface area (Å²) in [5.74, 6) is 0.0232. The summed E-state index contributed by atoms with van der Waals surface area (Å²) in [7, 11) is 0. The molecule has 1 saturated heterocycles. The van der Waals surface area contributed by atoms with Crippen LogP contribution in [0.4, 0.5) is 10.1 Å². The van der Waals surface area contributed by atoms with Gasteiger partial charge in [0.15, 0.2) is 0 Å². The van der Waals surface area contributed by atoms with Crippen molar-refractivity contribution >= 4 is 5.69 Å². The molecule has 1 aromatic carbocycles. The standard InChI is InChI=1S/C14H20FNO/c1-14(2)11(10-17)6-5-9-16(14)13-8-4-3-7-12(13)15/h3-4,7-8,11,17H,5-6,9-10H2,1-2H3. The second-order valence-electron chi connectivity index (χ2n) is 5.28. The van der Waals surface area contributed by atoms with Gasteiger partial charge in [0.25, 0.3) is 0 Å². The Morgan fingerprint density at radius 1 is 1.41 bits per heavy atom. The van der Waals surface area contributed by atoms with Gasteiger partial charge >= 0.3 is 0 Å². The largest absolute Gasteiger partial charge is 0.396 e. The minimum absolute atomic E-state index is 0.165. The van der Waals surface area contributed by atoms with Crippen LogP contribution in [-0.4, -0.2) is 23.8 Å². The van der Waals surface area contributed by atoms with Crippen LogP contribution in [0.15, 0.2) is 24.3 Å². The zero-order valence-corrected chi connectivity index (χ0v) is 10.5. The summed E-state index contributed by atoms with van der Waals surface area (Å²) in [5.41, 5.74) is 0.450. The number of aliphatic hydroxyl groups excluding tert-OH is 1. The minimum Gasteiger partial charge on any atom is -0.396 e. The first kappa shape index (κ1) is 12.4. The van der Waals surface area contributed by atoms with Crippen LogP contribution in [-0.2, 0) is 0 Å². The Morgan fingerprint density at radius 2 is 2.12 bits per heavy atom. The lowest BCUT2D eigenvalue weighted by atomic mass is 9.79. The van der Waals surface area contributed by atoms with Gasteiger partial charge < -0.3 is 10.0 Å². The summed E-state index contributed by atoms with van der Waals surface area (Å²) < 4.78 is 13.8. The lowest BCUT2D eigenvalue weighted by molar-refractivity contribution is 0.135. The van der Waals surface area contributed by atoms with E-state index >= 15 is 0 Å². The molecule has 0 saturated carbocycles. The molecule has 94 valence electrons. The number of aliphatic hydroxyl groups is 1. The summed E-state index contributed by atoms with van der Waals surface area (Å²) in [6.45, 7) is 5.18. The van der Waals surface area contributed by atoms with Gasteiger partial charge in [-0.1, -0.05) is 12.1 Å². The Kier molecular flexibility index (Phi) is 3.38. The van der Waals surface area contributed by atoms with Crippen LogP contribution in [0.1, 0.15) is 26.7 Å². The van der Waals surface area contributed by atoms with Gasteiger partial charge in [-0.15, -0.1) is 0 Å². The van der Waals surface area contributed by atoms with Crippen molar-refractivity contribution in [2.75, 3.05) is 18.1 Å². The molecule has 0 spiro atoms. The summed E-state index contributed by atoms with van der Waals surface area (Å²) >= 11 is 0. The van der Waals surface area contributed by atoms with E-state index in [9.17, 15) is 9.50 Å². The van der Waals surface area contributed by atoms with E-state index in [4.69, 9.17) is 0 Å². The maximum atomic E-state index is 13.8.